The second kappa shape index (κ2) is 4.55. The third kappa shape index (κ3) is 1.99. The minimum atomic E-state index is 0.341. The predicted molar refractivity (Wildman–Crippen MR) is 59.3 cm³/mol. The van der Waals surface area contributed by atoms with Gasteiger partial charge in [-0.1, -0.05) is 0 Å². The highest BCUT2D eigenvalue weighted by molar-refractivity contribution is 5.05. The Bertz CT molecular complexity index is 339. The van der Waals surface area contributed by atoms with Crippen LogP contribution in [-0.4, -0.2) is 24.7 Å². The molecule has 1 aromatic heterocycles. The number of hydrogen-bond donors (Lipinski definition) is 1. The molecule has 2 aliphatic heterocycles. The molecule has 2 saturated heterocycles. The normalized spacial score (nSPS) is 27.4. The minimum absolute atomic E-state index is 0.341. The first-order chi connectivity index (χ1) is 7.93. The number of nitrogens with zero attached hydrogens (tertiary/aromatic N) is 1. The van der Waals surface area contributed by atoms with E-state index in [4.69, 9.17) is 9.15 Å². The van der Waals surface area contributed by atoms with Gasteiger partial charge in [0.05, 0.1) is 12.2 Å². The molecule has 0 spiro atoms. The van der Waals surface area contributed by atoms with Gasteiger partial charge in [0.1, 0.15) is 5.76 Å². The van der Waals surface area contributed by atoms with Gasteiger partial charge in [0.15, 0.2) is 0 Å². The molecule has 0 bridgehead atoms. The Hall–Kier alpha value is -0.870. The molecule has 0 aliphatic carbocycles. The molecule has 1 atom stereocenters. The van der Waals surface area contributed by atoms with Crippen LogP contribution in [0.25, 0.3) is 0 Å². The summed E-state index contributed by atoms with van der Waals surface area (Å²) in [5.74, 6) is 2.43. The maximum Gasteiger partial charge on any atom is 0.211 e. The molecule has 4 heteroatoms. The molecule has 1 N–H and O–H groups in total. The lowest BCUT2D eigenvalue weighted by molar-refractivity contribution is 0.0802. The zero-order valence-electron chi connectivity index (χ0n) is 9.45. The van der Waals surface area contributed by atoms with E-state index in [0.717, 1.165) is 50.7 Å². The number of aromatic nitrogens is 1. The third-order valence-corrected chi connectivity index (χ3v) is 3.52. The molecule has 0 radical (unpaired) electrons. The Labute approximate surface area is 95.4 Å². The largest absolute Gasteiger partial charge is 0.444 e. The summed E-state index contributed by atoms with van der Waals surface area (Å²) < 4.78 is 11.2. The average molecular weight is 222 g/mol. The number of hydrogen-bond acceptors (Lipinski definition) is 4. The smallest absolute Gasteiger partial charge is 0.211 e. The van der Waals surface area contributed by atoms with Crippen molar-refractivity contribution in [2.45, 2.75) is 37.6 Å². The van der Waals surface area contributed by atoms with Crippen LogP contribution in [0.4, 0.5) is 0 Å². The third-order valence-electron chi connectivity index (χ3n) is 3.52. The fraction of sp³-hybridized carbons (Fsp3) is 0.750. The van der Waals surface area contributed by atoms with Crippen molar-refractivity contribution >= 4 is 0 Å². The Kier molecular flexibility index (Phi) is 2.93. The van der Waals surface area contributed by atoms with Crippen LogP contribution in [0.2, 0.25) is 0 Å². The van der Waals surface area contributed by atoms with Crippen molar-refractivity contribution in [1.82, 2.24) is 10.3 Å². The van der Waals surface area contributed by atoms with Crippen LogP contribution in [0.1, 0.15) is 49.3 Å². The first-order valence-corrected chi connectivity index (χ1v) is 6.20. The zero-order valence-corrected chi connectivity index (χ0v) is 9.45. The molecule has 2 aliphatic rings. The standard InChI is InChI=1S/C12H18N2O2/c1-2-10(13-5-1)12-14-8-11(16-12)9-3-6-15-7-4-9/h8-10,13H,1-7H2. The Morgan fingerprint density at radius 2 is 2.12 bits per heavy atom. The molecule has 2 fully saturated rings. The summed E-state index contributed by atoms with van der Waals surface area (Å²) in [4.78, 5) is 4.40. The van der Waals surface area contributed by atoms with Gasteiger partial charge in [-0.3, -0.25) is 0 Å². The van der Waals surface area contributed by atoms with E-state index in [1.165, 1.54) is 6.42 Å². The van der Waals surface area contributed by atoms with E-state index in [0.29, 0.717) is 12.0 Å². The lowest BCUT2D eigenvalue weighted by Crippen LogP contribution is -2.14. The van der Waals surface area contributed by atoms with Gasteiger partial charge in [-0.15, -0.1) is 0 Å². The monoisotopic (exact) mass is 222 g/mol. The quantitative estimate of drug-likeness (QED) is 0.831. The molecule has 88 valence electrons. The molecule has 3 heterocycles. The van der Waals surface area contributed by atoms with Crippen LogP contribution in [0.5, 0.6) is 0 Å². The number of ether oxygens (including phenoxy) is 1. The van der Waals surface area contributed by atoms with Crippen molar-refractivity contribution in [2.24, 2.45) is 0 Å². The molecule has 0 aromatic carbocycles. The summed E-state index contributed by atoms with van der Waals surface area (Å²) in [6, 6.07) is 0.341. The van der Waals surface area contributed by atoms with Crippen molar-refractivity contribution < 1.29 is 9.15 Å². The van der Waals surface area contributed by atoms with Crippen molar-refractivity contribution in [3.8, 4) is 0 Å². The van der Waals surface area contributed by atoms with E-state index < -0.39 is 0 Å². The van der Waals surface area contributed by atoms with Crippen LogP contribution in [-0.2, 0) is 4.74 Å². The lowest BCUT2D eigenvalue weighted by atomic mass is 9.98. The summed E-state index contributed by atoms with van der Waals surface area (Å²) in [6.07, 6.45) is 6.40. The second-order valence-electron chi connectivity index (χ2n) is 4.64. The van der Waals surface area contributed by atoms with E-state index in [2.05, 4.69) is 10.3 Å². The molecule has 3 rings (SSSR count). The second-order valence-corrected chi connectivity index (χ2v) is 4.64. The minimum Gasteiger partial charge on any atom is -0.444 e. The van der Waals surface area contributed by atoms with Crippen molar-refractivity contribution in [1.29, 1.82) is 0 Å². The van der Waals surface area contributed by atoms with Crippen molar-refractivity contribution in [2.75, 3.05) is 19.8 Å². The maximum absolute atomic E-state index is 5.88. The summed E-state index contributed by atoms with van der Waals surface area (Å²) in [5.41, 5.74) is 0. The topological polar surface area (TPSA) is 47.3 Å². The molecule has 1 aromatic rings. The van der Waals surface area contributed by atoms with Crippen molar-refractivity contribution in [3.05, 3.63) is 17.8 Å². The summed E-state index contributed by atoms with van der Waals surface area (Å²) in [5, 5.41) is 3.41. The average Bonchev–Trinajstić information content (AvgIpc) is 3.01. The van der Waals surface area contributed by atoms with Gasteiger partial charge in [0.2, 0.25) is 5.89 Å². The Morgan fingerprint density at radius 3 is 2.88 bits per heavy atom. The van der Waals surface area contributed by atoms with Crippen LogP contribution in [0.15, 0.2) is 10.6 Å². The highest BCUT2D eigenvalue weighted by atomic mass is 16.5. The number of nitrogens with one attached hydrogen (secondary N) is 1. The first-order valence-electron chi connectivity index (χ1n) is 6.20. The summed E-state index contributed by atoms with van der Waals surface area (Å²) >= 11 is 0. The van der Waals surface area contributed by atoms with Gasteiger partial charge in [-0.05, 0) is 32.2 Å². The fourth-order valence-corrected chi connectivity index (χ4v) is 2.53. The van der Waals surface area contributed by atoms with E-state index >= 15 is 0 Å². The molecule has 0 amide bonds. The number of oxazole rings is 1. The van der Waals surface area contributed by atoms with E-state index in [-0.39, 0.29) is 0 Å². The molecular formula is C12H18N2O2. The Balaban J connectivity index is 1.71. The molecule has 1 unspecified atom stereocenters. The van der Waals surface area contributed by atoms with Crippen molar-refractivity contribution in [3.63, 3.8) is 0 Å². The van der Waals surface area contributed by atoms with Crippen LogP contribution in [0, 0.1) is 0 Å². The van der Waals surface area contributed by atoms with Crippen LogP contribution in [0.3, 0.4) is 0 Å². The van der Waals surface area contributed by atoms with Gasteiger partial charge in [0, 0.05) is 19.1 Å². The maximum atomic E-state index is 5.88. The van der Waals surface area contributed by atoms with Crippen LogP contribution >= 0.6 is 0 Å². The summed E-state index contributed by atoms with van der Waals surface area (Å²) in [6.45, 7) is 2.78. The highest BCUT2D eigenvalue weighted by Crippen LogP contribution is 2.30. The van der Waals surface area contributed by atoms with Gasteiger partial charge >= 0.3 is 0 Å². The first kappa shape index (κ1) is 10.3. The molecule has 16 heavy (non-hydrogen) atoms. The van der Waals surface area contributed by atoms with Gasteiger partial charge in [0.25, 0.3) is 0 Å². The van der Waals surface area contributed by atoms with Gasteiger partial charge < -0.3 is 14.5 Å². The number of rotatable bonds is 2. The van der Waals surface area contributed by atoms with E-state index in [1.807, 2.05) is 6.20 Å². The highest BCUT2D eigenvalue weighted by Gasteiger charge is 2.24. The fourth-order valence-electron chi connectivity index (χ4n) is 2.53. The van der Waals surface area contributed by atoms with Gasteiger partial charge in [-0.25, -0.2) is 4.98 Å². The van der Waals surface area contributed by atoms with E-state index in [9.17, 15) is 0 Å². The van der Waals surface area contributed by atoms with Gasteiger partial charge in [-0.2, -0.15) is 0 Å². The molecule has 4 nitrogen and oxygen atoms in total. The Morgan fingerprint density at radius 1 is 1.25 bits per heavy atom. The van der Waals surface area contributed by atoms with Crippen LogP contribution < -0.4 is 5.32 Å². The zero-order chi connectivity index (χ0) is 10.8. The van der Waals surface area contributed by atoms with E-state index in [1.54, 1.807) is 0 Å². The lowest BCUT2D eigenvalue weighted by Gasteiger charge is -2.19. The molecular weight excluding hydrogens is 204 g/mol. The molecule has 0 saturated carbocycles. The summed E-state index contributed by atoms with van der Waals surface area (Å²) in [7, 11) is 0. The predicted octanol–water partition coefficient (Wildman–Crippen LogP) is 1.99. The SMILES string of the molecule is c1nc(C2CCCN2)oc1C1CCOCC1.